The highest BCUT2D eigenvalue weighted by molar-refractivity contribution is 5.74. The summed E-state index contributed by atoms with van der Waals surface area (Å²) in [4.78, 5) is 4.03. The average molecular weight is 225 g/mol. The third kappa shape index (κ3) is 1.67. The fourth-order valence-corrected chi connectivity index (χ4v) is 1.77. The number of nitrogens with zero attached hydrogens (tertiary/aromatic N) is 3. The minimum absolute atomic E-state index is 0.577. The van der Waals surface area contributed by atoms with Crippen molar-refractivity contribution in [3.05, 3.63) is 49.2 Å². The first kappa shape index (κ1) is 9.65. The lowest BCUT2D eigenvalue weighted by molar-refractivity contribution is 1.06. The molecule has 3 aromatic rings. The van der Waals surface area contributed by atoms with E-state index >= 15 is 0 Å². The van der Waals surface area contributed by atoms with Gasteiger partial charge in [-0.3, -0.25) is 5.10 Å². The fraction of sp³-hybridized carbons (Fsp3) is 0. The average Bonchev–Trinajstić information content (AvgIpc) is 2.99. The van der Waals surface area contributed by atoms with Gasteiger partial charge in [0.25, 0.3) is 0 Å². The maximum absolute atomic E-state index is 5.80. The summed E-state index contributed by atoms with van der Waals surface area (Å²) in [6.07, 6.45) is 7.14. The molecule has 0 atom stereocenters. The van der Waals surface area contributed by atoms with Gasteiger partial charge in [0.1, 0.15) is 5.82 Å². The predicted octanol–water partition coefficient (Wildman–Crippen LogP) is 1.84. The van der Waals surface area contributed by atoms with Crippen molar-refractivity contribution in [1.82, 2.24) is 19.7 Å². The highest BCUT2D eigenvalue weighted by atomic mass is 15.1. The van der Waals surface area contributed by atoms with Crippen LogP contribution in [-0.2, 0) is 0 Å². The Morgan fingerprint density at radius 2 is 2.24 bits per heavy atom. The van der Waals surface area contributed by atoms with Gasteiger partial charge in [0, 0.05) is 23.6 Å². The van der Waals surface area contributed by atoms with Gasteiger partial charge in [0.15, 0.2) is 0 Å². The van der Waals surface area contributed by atoms with Crippen molar-refractivity contribution in [1.29, 1.82) is 0 Å². The Bertz CT molecular complexity index is 624. The molecule has 0 aliphatic heterocycles. The van der Waals surface area contributed by atoms with Gasteiger partial charge in [-0.25, -0.2) is 4.98 Å². The van der Waals surface area contributed by atoms with Crippen molar-refractivity contribution in [2.75, 3.05) is 5.73 Å². The van der Waals surface area contributed by atoms with Gasteiger partial charge < -0.3 is 10.3 Å². The molecule has 0 aliphatic rings. The van der Waals surface area contributed by atoms with E-state index in [0.29, 0.717) is 5.82 Å². The second-order valence-electron chi connectivity index (χ2n) is 3.72. The van der Waals surface area contributed by atoms with Crippen molar-refractivity contribution >= 4 is 5.82 Å². The van der Waals surface area contributed by atoms with Gasteiger partial charge >= 0.3 is 0 Å². The van der Waals surface area contributed by atoms with Crippen molar-refractivity contribution in [2.24, 2.45) is 0 Å². The smallest absolute Gasteiger partial charge is 0.126 e. The second-order valence-corrected chi connectivity index (χ2v) is 3.72. The number of rotatable bonds is 2. The molecular weight excluding hydrogens is 214 g/mol. The van der Waals surface area contributed by atoms with Crippen molar-refractivity contribution in [3.63, 3.8) is 0 Å². The SMILES string of the molecule is Nc1[nH]ncc1-c1cccc(-n2ccnc2)c1. The first-order valence-corrected chi connectivity index (χ1v) is 5.22. The van der Waals surface area contributed by atoms with Crippen molar-refractivity contribution in [3.8, 4) is 16.8 Å². The molecule has 2 heterocycles. The number of nitrogen functional groups attached to an aromatic ring is 1. The van der Waals surface area contributed by atoms with Crippen molar-refractivity contribution in [2.45, 2.75) is 0 Å². The van der Waals surface area contributed by atoms with E-state index in [9.17, 15) is 0 Å². The summed E-state index contributed by atoms with van der Waals surface area (Å²) < 4.78 is 1.94. The minimum atomic E-state index is 0.577. The van der Waals surface area contributed by atoms with E-state index in [1.807, 2.05) is 35.0 Å². The number of H-pyrrole nitrogens is 1. The number of nitrogens with one attached hydrogen (secondary N) is 1. The topological polar surface area (TPSA) is 72.5 Å². The zero-order valence-corrected chi connectivity index (χ0v) is 9.04. The zero-order chi connectivity index (χ0) is 11.7. The van der Waals surface area contributed by atoms with E-state index in [-0.39, 0.29) is 0 Å². The third-order valence-corrected chi connectivity index (χ3v) is 2.63. The highest BCUT2D eigenvalue weighted by Crippen LogP contribution is 2.25. The molecule has 5 heteroatoms. The molecular formula is C12H11N5. The molecule has 0 spiro atoms. The standard InChI is InChI=1S/C12H11N5/c13-12-11(7-15-16-12)9-2-1-3-10(6-9)17-5-4-14-8-17/h1-8H,(H3,13,15,16). The van der Waals surface area contributed by atoms with E-state index in [0.717, 1.165) is 16.8 Å². The van der Waals surface area contributed by atoms with Crippen LogP contribution in [0.2, 0.25) is 0 Å². The molecule has 0 unspecified atom stereocenters. The molecule has 0 fully saturated rings. The first-order chi connectivity index (χ1) is 8.34. The summed E-state index contributed by atoms with van der Waals surface area (Å²) in [5.74, 6) is 0.577. The molecule has 0 saturated carbocycles. The molecule has 2 aromatic heterocycles. The van der Waals surface area contributed by atoms with Gasteiger partial charge in [0.2, 0.25) is 0 Å². The number of aromatic amines is 1. The van der Waals surface area contributed by atoms with E-state index < -0.39 is 0 Å². The van der Waals surface area contributed by atoms with Crippen LogP contribution in [0.3, 0.4) is 0 Å². The lowest BCUT2D eigenvalue weighted by Gasteiger charge is -2.05. The van der Waals surface area contributed by atoms with Gasteiger partial charge in [-0.2, -0.15) is 5.10 Å². The van der Waals surface area contributed by atoms with Crippen molar-refractivity contribution < 1.29 is 0 Å². The van der Waals surface area contributed by atoms with Crippen LogP contribution in [0.4, 0.5) is 5.82 Å². The van der Waals surface area contributed by atoms with Crippen LogP contribution in [-0.4, -0.2) is 19.7 Å². The summed E-state index contributed by atoms with van der Waals surface area (Å²) in [5.41, 5.74) is 8.79. The van der Waals surface area contributed by atoms with E-state index in [1.165, 1.54) is 0 Å². The van der Waals surface area contributed by atoms with E-state index in [1.54, 1.807) is 18.7 Å². The summed E-state index contributed by atoms with van der Waals surface area (Å²) in [6, 6.07) is 8.04. The monoisotopic (exact) mass is 225 g/mol. The number of hydrogen-bond acceptors (Lipinski definition) is 3. The summed E-state index contributed by atoms with van der Waals surface area (Å²) in [5, 5.41) is 6.65. The summed E-state index contributed by atoms with van der Waals surface area (Å²) >= 11 is 0. The Balaban J connectivity index is 2.09. The number of hydrogen-bond donors (Lipinski definition) is 2. The van der Waals surface area contributed by atoms with Crippen LogP contribution in [0.1, 0.15) is 0 Å². The summed E-state index contributed by atoms with van der Waals surface area (Å²) in [7, 11) is 0. The van der Waals surface area contributed by atoms with Crippen LogP contribution in [0, 0.1) is 0 Å². The molecule has 0 aliphatic carbocycles. The Morgan fingerprint density at radius 3 is 2.94 bits per heavy atom. The number of aromatic nitrogens is 4. The van der Waals surface area contributed by atoms with Crippen LogP contribution < -0.4 is 5.73 Å². The van der Waals surface area contributed by atoms with Crippen LogP contribution in [0.5, 0.6) is 0 Å². The molecule has 0 saturated heterocycles. The Morgan fingerprint density at radius 1 is 1.29 bits per heavy atom. The molecule has 0 radical (unpaired) electrons. The highest BCUT2D eigenvalue weighted by Gasteiger charge is 2.05. The van der Waals surface area contributed by atoms with E-state index in [2.05, 4.69) is 15.2 Å². The van der Waals surface area contributed by atoms with Crippen LogP contribution in [0.15, 0.2) is 49.2 Å². The lowest BCUT2D eigenvalue weighted by Crippen LogP contribution is -1.91. The molecule has 1 aromatic carbocycles. The quantitative estimate of drug-likeness (QED) is 0.699. The maximum Gasteiger partial charge on any atom is 0.126 e. The molecule has 0 bridgehead atoms. The van der Waals surface area contributed by atoms with Gasteiger partial charge in [-0.05, 0) is 17.7 Å². The Labute approximate surface area is 97.9 Å². The lowest BCUT2D eigenvalue weighted by atomic mass is 10.1. The molecule has 3 rings (SSSR count). The number of nitrogens with two attached hydrogens (primary N) is 1. The normalized spacial score (nSPS) is 10.6. The fourth-order valence-electron chi connectivity index (χ4n) is 1.77. The van der Waals surface area contributed by atoms with Gasteiger partial charge in [-0.1, -0.05) is 12.1 Å². The molecule has 17 heavy (non-hydrogen) atoms. The number of benzene rings is 1. The first-order valence-electron chi connectivity index (χ1n) is 5.22. The largest absolute Gasteiger partial charge is 0.384 e. The number of anilines is 1. The molecule has 84 valence electrons. The predicted molar refractivity (Wildman–Crippen MR) is 65.6 cm³/mol. The third-order valence-electron chi connectivity index (χ3n) is 2.63. The summed E-state index contributed by atoms with van der Waals surface area (Å²) in [6.45, 7) is 0. The van der Waals surface area contributed by atoms with Gasteiger partial charge in [0.05, 0.1) is 12.5 Å². The minimum Gasteiger partial charge on any atom is -0.384 e. The van der Waals surface area contributed by atoms with E-state index in [4.69, 9.17) is 5.73 Å². The molecule has 3 N–H and O–H groups in total. The van der Waals surface area contributed by atoms with Gasteiger partial charge in [-0.15, -0.1) is 0 Å². The number of imidazole rings is 1. The molecule has 0 amide bonds. The Kier molecular flexibility index (Phi) is 2.15. The van der Waals surface area contributed by atoms with Crippen LogP contribution in [0.25, 0.3) is 16.8 Å². The zero-order valence-electron chi connectivity index (χ0n) is 9.04. The maximum atomic E-state index is 5.80. The Hall–Kier alpha value is -2.56. The van der Waals surface area contributed by atoms with Crippen LogP contribution >= 0.6 is 0 Å². The molecule has 5 nitrogen and oxygen atoms in total. The second kappa shape index (κ2) is 3.79.